The molecule has 0 bridgehead atoms. The lowest BCUT2D eigenvalue weighted by Gasteiger charge is -2.10. The Morgan fingerprint density at radius 1 is 1.16 bits per heavy atom. The molecule has 0 unspecified atom stereocenters. The molecule has 0 N–H and O–H groups in total. The number of rotatable bonds is 6. The van der Waals surface area contributed by atoms with E-state index >= 15 is 0 Å². The highest BCUT2D eigenvalue weighted by Gasteiger charge is 2.14. The summed E-state index contributed by atoms with van der Waals surface area (Å²) in [6.07, 6.45) is 0.167. The minimum atomic E-state index is -0.484. The van der Waals surface area contributed by atoms with E-state index in [1.165, 1.54) is 24.3 Å². The number of thiophene rings is 1. The zero-order valence-corrected chi connectivity index (χ0v) is 14.3. The Morgan fingerprint density at radius 3 is 2.52 bits per heavy atom. The van der Waals surface area contributed by atoms with Gasteiger partial charge in [0.25, 0.3) is 5.69 Å². The molecule has 1 heterocycles. The summed E-state index contributed by atoms with van der Waals surface area (Å²) in [5, 5.41) is 12.7. The van der Waals surface area contributed by atoms with Crippen LogP contribution in [0.5, 0.6) is 5.75 Å². The number of carbonyl (C=O) groups is 1. The third-order valence-corrected chi connectivity index (χ3v) is 4.76. The number of nitrogens with zero attached hydrogens (tertiary/aromatic N) is 1. The van der Waals surface area contributed by atoms with E-state index in [0.717, 1.165) is 16.0 Å². The van der Waals surface area contributed by atoms with Crippen LogP contribution in [-0.4, -0.2) is 17.8 Å². The van der Waals surface area contributed by atoms with Crippen LogP contribution in [0.2, 0.25) is 0 Å². The number of hydrogen-bond donors (Lipinski definition) is 0. The fourth-order valence-electron chi connectivity index (χ4n) is 2.56. The van der Waals surface area contributed by atoms with E-state index in [-0.39, 0.29) is 17.9 Å². The molecular formula is C19H15NO4S. The van der Waals surface area contributed by atoms with Crippen LogP contribution in [0.3, 0.4) is 0 Å². The Labute approximate surface area is 148 Å². The molecule has 6 heteroatoms. The van der Waals surface area contributed by atoms with Crippen molar-refractivity contribution >= 4 is 22.8 Å². The third kappa shape index (κ3) is 3.75. The SMILES string of the molecule is COc1ccc(-c2cccs2)cc1CC(=O)c1ccc([N+](=O)[O-])cc1. The van der Waals surface area contributed by atoms with Crippen LogP contribution in [0.4, 0.5) is 5.69 Å². The number of carbonyl (C=O) groups excluding carboxylic acids is 1. The lowest BCUT2D eigenvalue weighted by molar-refractivity contribution is -0.384. The maximum absolute atomic E-state index is 12.5. The number of non-ortho nitro benzene ring substituents is 1. The molecule has 0 aliphatic heterocycles. The largest absolute Gasteiger partial charge is 0.496 e. The summed E-state index contributed by atoms with van der Waals surface area (Å²) in [7, 11) is 1.57. The molecule has 0 fully saturated rings. The first-order chi connectivity index (χ1) is 12.1. The summed E-state index contributed by atoms with van der Waals surface area (Å²) in [6.45, 7) is 0. The van der Waals surface area contributed by atoms with Gasteiger partial charge in [-0.25, -0.2) is 0 Å². The van der Waals surface area contributed by atoms with Crippen molar-refractivity contribution in [2.24, 2.45) is 0 Å². The molecule has 0 saturated carbocycles. The molecule has 3 rings (SSSR count). The highest BCUT2D eigenvalue weighted by atomic mass is 32.1. The van der Waals surface area contributed by atoms with Gasteiger partial charge in [0.1, 0.15) is 5.75 Å². The fourth-order valence-corrected chi connectivity index (χ4v) is 3.28. The van der Waals surface area contributed by atoms with E-state index in [0.29, 0.717) is 11.3 Å². The van der Waals surface area contributed by atoms with Crippen molar-refractivity contribution in [1.82, 2.24) is 0 Å². The van der Waals surface area contributed by atoms with Gasteiger partial charge in [-0.05, 0) is 47.3 Å². The molecule has 0 spiro atoms. The normalized spacial score (nSPS) is 10.4. The number of nitro benzene ring substituents is 1. The summed E-state index contributed by atoms with van der Waals surface area (Å²) in [5.74, 6) is 0.534. The van der Waals surface area contributed by atoms with Gasteiger partial charge in [-0.1, -0.05) is 6.07 Å². The van der Waals surface area contributed by atoms with Gasteiger partial charge < -0.3 is 4.74 Å². The van der Waals surface area contributed by atoms with Crippen LogP contribution in [0.25, 0.3) is 10.4 Å². The second-order valence-electron chi connectivity index (χ2n) is 5.41. The van der Waals surface area contributed by atoms with Gasteiger partial charge >= 0.3 is 0 Å². The molecule has 2 aromatic carbocycles. The Morgan fingerprint density at radius 2 is 1.92 bits per heavy atom. The topological polar surface area (TPSA) is 69.4 Å². The maximum Gasteiger partial charge on any atom is 0.269 e. The number of Topliss-reactive ketones (excluding diaryl/α,β-unsaturated/α-hetero) is 1. The smallest absolute Gasteiger partial charge is 0.269 e. The number of ketones is 1. The molecule has 0 amide bonds. The second kappa shape index (κ2) is 7.27. The van der Waals surface area contributed by atoms with Gasteiger partial charge in [0.2, 0.25) is 0 Å². The van der Waals surface area contributed by atoms with Crippen molar-refractivity contribution in [1.29, 1.82) is 0 Å². The highest BCUT2D eigenvalue weighted by molar-refractivity contribution is 7.13. The van der Waals surface area contributed by atoms with E-state index in [4.69, 9.17) is 4.74 Å². The predicted molar refractivity (Wildman–Crippen MR) is 97.4 cm³/mol. The van der Waals surface area contributed by atoms with Gasteiger partial charge in [-0.2, -0.15) is 0 Å². The minimum Gasteiger partial charge on any atom is -0.496 e. The van der Waals surface area contributed by atoms with Crippen molar-refractivity contribution in [3.8, 4) is 16.2 Å². The molecule has 0 radical (unpaired) electrons. The zero-order valence-electron chi connectivity index (χ0n) is 13.5. The molecule has 0 saturated heterocycles. The molecule has 25 heavy (non-hydrogen) atoms. The summed E-state index contributed by atoms with van der Waals surface area (Å²) in [4.78, 5) is 23.9. The van der Waals surface area contributed by atoms with Crippen LogP contribution in [-0.2, 0) is 6.42 Å². The van der Waals surface area contributed by atoms with Crippen molar-refractivity contribution in [2.75, 3.05) is 7.11 Å². The van der Waals surface area contributed by atoms with Gasteiger partial charge in [0, 0.05) is 34.6 Å². The molecular weight excluding hydrogens is 338 g/mol. The van der Waals surface area contributed by atoms with Gasteiger partial charge in [0.05, 0.1) is 12.0 Å². The van der Waals surface area contributed by atoms with Gasteiger partial charge in [0.15, 0.2) is 5.78 Å². The fraction of sp³-hybridized carbons (Fsp3) is 0.105. The Hall–Kier alpha value is -2.99. The quantitative estimate of drug-likeness (QED) is 0.364. The van der Waals surface area contributed by atoms with Crippen molar-refractivity contribution < 1.29 is 14.5 Å². The summed E-state index contributed by atoms with van der Waals surface area (Å²) in [5.41, 5.74) is 2.22. The lowest BCUT2D eigenvalue weighted by atomic mass is 10.00. The summed E-state index contributed by atoms with van der Waals surface area (Å²) < 4.78 is 5.37. The molecule has 0 aliphatic rings. The van der Waals surface area contributed by atoms with Crippen molar-refractivity contribution in [3.05, 3.63) is 81.2 Å². The second-order valence-corrected chi connectivity index (χ2v) is 6.36. The Bertz CT molecular complexity index is 902. The number of hydrogen-bond acceptors (Lipinski definition) is 5. The van der Waals surface area contributed by atoms with Crippen LogP contribution < -0.4 is 4.74 Å². The maximum atomic E-state index is 12.5. The average molecular weight is 353 g/mol. The van der Waals surface area contributed by atoms with E-state index in [2.05, 4.69) is 0 Å². The molecule has 0 aliphatic carbocycles. The highest BCUT2D eigenvalue weighted by Crippen LogP contribution is 2.30. The van der Waals surface area contributed by atoms with Crippen molar-refractivity contribution in [3.63, 3.8) is 0 Å². The van der Waals surface area contributed by atoms with Crippen LogP contribution in [0.1, 0.15) is 15.9 Å². The molecule has 0 atom stereocenters. The first-order valence-corrected chi connectivity index (χ1v) is 8.45. The Balaban J connectivity index is 1.86. The number of benzene rings is 2. The first-order valence-electron chi connectivity index (χ1n) is 7.57. The molecule has 1 aromatic heterocycles. The van der Waals surface area contributed by atoms with E-state index in [9.17, 15) is 14.9 Å². The van der Waals surface area contributed by atoms with Crippen LogP contribution >= 0.6 is 11.3 Å². The van der Waals surface area contributed by atoms with Gasteiger partial charge in [-0.3, -0.25) is 14.9 Å². The zero-order chi connectivity index (χ0) is 17.8. The van der Waals surface area contributed by atoms with Crippen molar-refractivity contribution in [2.45, 2.75) is 6.42 Å². The first kappa shape index (κ1) is 16.9. The van der Waals surface area contributed by atoms with Crippen LogP contribution in [0.15, 0.2) is 60.0 Å². The Kier molecular flexibility index (Phi) is 4.90. The van der Waals surface area contributed by atoms with E-state index < -0.39 is 4.92 Å². The predicted octanol–water partition coefficient (Wildman–Crippen LogP) is 4.76. The summed E-state index contributed by atoms with van der Waals surface area (Å²) >= 11 is 1.63. The monoisotopic (exact) mass is 353 g/mol. The summed E-state index contributed by atoms with van der Waals surface area (Å²) in [6, 6.07) is 15.4. The molecule has 126 valence electrons. The number of methoxy groups -OCH3 is 1. The van der Waals surface area contributed by atoms with Crippen LogP contribution in [0, 0.1) is 10.1 Å². The van der Waals surface area contributed by atoms with Gasteiger partial charge in [-0.15, -0.1) is 11.3 Å². The van der Waals surface area contributed by atoms with E-state index in [1.807, 2.05) is 35.7 Å². The third-order valence-electron chi connectivity index (χ3n) is 3.84. The molecule has 3 aromatic rings. The van der Waals surface area contributed by atoms with E-state index in [1.54, 1.807) is 18.4 Å². The number of nitro groups is 1. The standard InChI is InChI=1S/C19H15NO4S/c1-24-18-9-6-14(19-3-2-10-25-19)11-15(18)12-17(21)13-4-7-16(8-5-13)20(22)23/h2-11H,12H2,1H3. The lowest BCUT2D eigenvalue weighted by Crippen LogP contribution is -2.05. The number of ether oxygens (including phenoxy) is 1. The minimum absolute atomic E-state index is 0.0335. The average Bonchev–Trinajstić information content (AvgIpc) is 3.16. The molecule has 5 nitrogen and oxygen atoms in total.